The zero-order valence-corrected chi connectivity index (χ0v) is 16.4. The summed E-state index contributed by atoms with van der Waals surface area (Å²) in [7, 11) is 0. The van der Waals surface area contributed by atoms with Crippen LogP contribution in [0.3, 0.4) is 0 Å². The van der Waals surface area contributed by atoms with E-state index in [9.17, 15) is 18.0 Å². The highest BCUT2D eigenvalue weighted by Gasteiger charge is 2.34. The Morgan fingerprint density at radius 3 is 2.57 bits per heavy atom. The predicted molar refractivity (Wildman–Crippen MR) is 103 cm³/mol. The number of hydrogen-bond acceptors (Lipinski definition) is 6. The highest BCUT2D eigenvalue weighted by Crippen LogP contribution is 2.29. The minimum atomic E-state index is -4.60. The summed E-state index contributed by atoms with van der Waals surface area (Å²) in [5, 5.41) is 10.5. The van der Waals surface area contributed by atoms with E-state index in [1.54, 1.807) is 13.0 Å². The van der Waals surface area contributed by atoms with Gasteiger partial charge in [-0.05, 0) is 31.2 Å². The summed E-state index contributed by atoms with van der Waals surface area (Å²) in [6.07, 6.45) is -0.245. The Morgan fingerprint density at radius 2 is 1.87 bits per heavy atom. The molecule has 1 atom stereocenters. The Balaban J connectivity index is 0.00000256. The zero-order valence-electron chi connectivity index (χ0n) is 15.4. The summed E-state index contributed by atoms with van der Waals surface area (Å²) in [6, 6.07) is 5.87. The number of carbonyl (C=O) groups excluding carboxylic acids is 1. The average Bonchev–Trinajstić information content (AvgIpc) is 3.34. The maximum Gasteiger partial charge on any atom is 0.433 e. The van der Waals surface area contributed by atoms with E-state index in [2.05, 4.69) is 30.5 Å². The molecule has 9 nitrogen and oxygen atoms in total. The first-order chi connectivity index (χ1) is 13.8. The van der Waals surface area contributed by atoms with Crippen LogP contribution in [0.25, 0.3) is 11.5 Å². The zero-order chi connectivity index (χ0) is 20.6. The van der Waals surface area contributed by atoms with E-state index in [1.165, 1.54) is 41.6 Å². The maximum atomic E-state index is 13.1. The molecule has 0 bridgehead atoms. The van der Waals surface area contributed by atoms with Gasteiger partial charge < -0.3 is 5.32 Å². The Labute approximate surface area is 174 Å². The number of carbonyl (C=O) groups is 1. The molecule has 4 aromatic rings. The second-order valence-corrected chi connectivity index (χ2v) is 6.05. The Bertz CT molecular complexity index is 1170. The van der Waals surface area contributed by atoms with Crippen molar-refractivity contribution in [2.24, 2.45) is 0 Å². The first-order valence-electron chi connectivity index (χ1n) is 8.39. The highest BCUT2D eigenvalue weighted by molar-refractivity contribution is 7.59. The monoisotopic (exact) mass is 436 g/mol. The molecule has 0 fully saturated rings. The number of nitrogens with zero attached hydrogens (tertiary/aromatic N) is 7. The maximum absolute atomic E-state index is 13.1. The molecule has 0 aliphatic rings. The largest absolute Gasteiger partial charge is 0.433 e. The van der Waals surface area contributed by atoms with Crippen molar-refractivity contribution >= 4 is 24.9 Å². The third-order valence-corrected chi connectivity index (χ3v) is 4.06. The van der Waals surface area contributed by atoms with Crippen LogP contribution in [0.4, 0.5) is 13.2 Å². The number of nitrogens with one attached hydrogen (secondary N) is 1. The van der Waals surface area contributed by atoms with Crippen molar-refractivity contribution in [3.8, 4) is 5.95 Å². The van der Waals surface area contributed by atoms with Gasteiger partial charge in [-0.15, -0.1) is 0 Å². The number of pyridine rings is 1. The lowest BCUT2D eigenvalue weighted by Crippen LogP contribution is -2.29. The molecule has 1 N–H and O–H groups in total. The van der Waals surface area contributed by atoms with Gasteiger partial charge in [0.15, 0.2) is 11.5 Å². The quantitative estimate of drug-likeness (QED) is 0.527. The molecule has 0 spiro atoms. The molecular formula is C17H15F3N8OS. The van der Waals surface area contributed by atoms with Crippen molar-refractivity contribution in [1.82, 2.24) is 39.7 Å². The minimum Gasteiger partial charge on any atom is -0.341 e. The second-order valence-electron chi connectivity index (χ2n) is 6.05. The molecule has 4 aromatic heterocycles. The van der Waals surface area contributed by atoms with Crippen molar-refractivity contribution in [2.75, 3.05) is 0 Å². The second kappa shape index (κ2) is 8.10. The molecule has 30 heavy (non-hydrogen) atoms. The van der Waals surface area contributed by atoms with Crippen LogP contribution in [0.15, 0.2) is 49.1 Å². The number of fused-ring (bicyclic) bond motifs is 1. The van der Waals surface area contributed by atoms with Gasteiger partial charge in [-0.25, -0.2) is 19.5 Å². The predicted octanol–water partition coefficient (Wildman–Crippen LogP) is 2.33. The molecule has 4 heterocycles. The molecule has 0 aliphatic heterocycles. The Morgan fingerprint density at radius 1 is 1.13 bits per heavy atom. The van der Waals surface area contributed by atoms with Gasteiger partial charge in [0.2, 0.25) is 0 Å². The molecule has 0 radical (unpaired) electrons. The van der Waals surface area contributed by atoms with Crippen LogP contribution in [-0.4, -0.2) is 40.3 Å². The molecule has 0 unspecified atom stereocenters. The number of hydrogen-bond donors (Lipinski definition) is 1. The fraction of sp³-hybridized carbons (Fsp3) is 0.176. The number of rotatable bonds is 4. The average molecular weight is 436 g/mol. The van der Waals surface area contributed by atoms with E-state index in [4.69, 9.17) is 0 Å². The van der Waals surface area contributed by atoms with Crippen LogP contribution >= 0.6 is 13.5 Å². The third kappa shape index (κ3) is 3.96. The summed E-state index contributed by atoms with van der Waals surface area (Å²) < 4.78 is 41.5. The van der Waals surface area contributed by atoms with Crippen LogP contribution in [0, 0.1) is 0 Å². The number of alkyl halides is 3. The van der Waals surface area contributed by atoms with E-state index in [1.807, 2.05) is 0 Å². The van der Waals surface area contributed by atoms with Crippen LogP contribution in [-0.2, 0) is 6.18 Å². The molecule has 4 rings (SSSR count). The number of amides is 1. The van der Waals surface area contributed by atoms with Crippen LogP contribution in [0.1, 0.15) is 35.0 Å². The van der Waals surface area contributed by atoms with Crippen LogP contribution < -0.4 is 5.32 Å². The molecule has 0 aromatic carbocycles. The normalized spacial score (nSPS) is 12.4. The Kier molecular flexibility index (Phi) is 5.73. The summed E-state index contributed by atoms with van der Waals surface area (Å²) >= 11 is 0. The lowest BCUT2D eigenvalue weighted by atomic mass is 10.2. The van der Waals surface area contributed by atoms with E-state index in [-0.39, 0.29) is 30.7 Å². The molecule has 0 saturated carbocycles. The standard InChI is InChI=1S/C17H13F3N8O.H2S/c1-10(14-23-9-24-28(14)16-21-6-3-7-22-16)25-15(29)12-8-11-4-2-5-13(17(18,19)20)27(11)26-12;/h2-10H,1H3,(H,25,29);1H2/t10-;/m1./s1. The lowest BCUT2D eigenvalue weighted by Gasteiger charge is -2.13. The molecular weight excluding hydrogens is 421 g/mol. The Hall–Kier alpha value is -3.48. The van der Waals surface area contributed by atoms with Crippen LogP contribution in [0.2, 0.25) is 0 Å². The summed E-state index contributed by atoms with van der Waals surface area (Å²) in [5.41, 5.74) is -0.975. The molecule has 1 amide bonds. The topological polar surface area (TPSA) is 103 Å². The molecule has 156 valence electrons. The van der Waals surface area contributed by atoms with E-state index in [0.717, 1.165) is 6.07 Å². The van der Waals surface area contributed by atoms with Gasteiger partial charge in [-0.3, -0.25) is 4.79 Å². The van der Waals surface area contributed by atoms with E-state index >= 15 is 0 Å². The van der Waals surface area contributed by atoms with Gasteiger partial charge >= 0.3 is 6.18 Å². The van der Waals surface area contributed by atoms with Crippen molar-refractivity contribution in [1.29, 1.82) is 0 Å². The fourth-order valence-electron chi connectivity index (χ4n) is 2.78. The molecule has 0 saturated heterocycles. The van der Waals surface area contributed by atoms with Gasteiger partial charge in [-0.1, -0.05) is 6.07 Å². The van der Waals surface area contributed by atoms with Gasteiger partial charge in [0.1, 0.15) is 12.0 Å². The van der Waals surface area contributed by atoms with Gasteiger partial charge in [0, 0.05) is 12.4 Å². The first-order valence-corrected chi connectivity index (χ1v) is 8.39. The first kappa shape index (κ1) is 21.2. The molecule has 13 heteroatoms. The third-order valence-electron chi connectivity index (χ3n) is 4.06. The highest BCUT2D eigenvalue weighted by atomic mass is 32.1. The van der Waals surface area contributed by atoms with E-state index in [0.29, 0.717) is 10.3 Å². The van der Waals surface area contributed by atoms with Crippen molar-refractivity contribution < 1.29 is 18.0 Å². The summed E-state index contributed by atoms with van der Waals surface area (Å²) in [5.74, 6) is -0.0363. The number of aromatic nitrogens is 7. The van der Waals surface area contributed by atoms with Crippen molar-refractivity contribution in [2.45, 2.75) is 19.1 Å². The van der Waals surface area contributed by atoms with Crippen molar-refractivity contribution in [3.63, 3.8) is 0 Å². The molecule has 0 aliphatic carbocycles. The van der Waals surface area contributed by atoms with Gasteiger partial charge in [-0.2, -0.15) is 41.5 Å². The SMILES string of the molecule is C[C@@H](NC(=O)c1cc2cccc(C(F)(F)F)n2n1)c1ncnn1-c1ncccn1.S. The number of halogens is 3. The van der Waals surface area contributed by atoms with Crippen LogP contribution in [0.5, 0.6) is 0 Å². The lowest BCUT2D eigenvalue weighted by molar-refractivity contribution is -0.142. The van der Waals surface area contributed by atoms with E-state index < -0.39 is 23.8 Å². The van der Waals surface area contributed by atoms with Gasteiger partial charge in [0.05, 0.1) is 11.6 Å². The smallest absolute Gasteiger partial charge is 0.341 e. The van der Waals surface area contributed by atoms with Crippen molar-refractivity contribution in [3.05, 3.63) is 66.3 Å². The summed E-state index contributed by atoms with van der Waals surface area (Å²) in [4.78, 5) is 24.8. The summed E-state index contributed by atoms with van der Waals surface area (Å²) in [6.45, 7) is 1.65. The fourth-order valence-corrected chi connectivity index (χ4v) is 2.78. The van der Waals surface area contributed by atoms with Gasteiger partial charge in [0.25, 0.3) is 11.9 Å². The minimum absolute atomic E-state index is 0.